The molecule has 1 aliphatic rings. The predicted octanol–water partition coefficient (Wildman–Crippen LogP) is 7.26. The number of carbonyl (C=O) groups is 4. The van der Waals surface area contributed by atoms with Crippen molar-refractivity contribution in [1.82, 2.24) is 0 Å². The Bertz CT molecular complexity index is 2150. The predicted molar refractivity (Wildman–Crippen MR) is 178 cm³/mol. The molecule has 4 aromatic carbocycles. The molecule has 0 aliphatic carbocycles. The highest BCUT2D eigenvalue weighted by Crippen LogP contribution is 2.55. The van der Waals surface area contributed by atoms with Crippen molar-refractivity contribution >= 4 is 65.7 Å². The van der Waals surface area contributed by atoms with Gasteiger partial charge in [-0.05, 0) is 40.5 Å². The average molecular weight is 692 g/mol. The number of carboxylic acids is 4. The van der Waals surface area contributed by atoms with Crippen LogP contribution in [0.15, 0.2) is 113 Å². The van der Waals surface area contributed by atoms with Crippen LogP contribution < -0.4 is 9.83 Å². The summed E-state index contributed by atoms with van der Waals surface area (Å²) in [5.74, 6) is -5.86. The molecule has 12 nitrogen and oxygen atoms in total. The zero-order chi connectivity index (χ0) is 35.0. The van der Waals surface area contributed by atoms with Crippen molar-refractivity contribution in [2.75, 3.05) is 6.16 Å². The first-order valence-electron chi connectivity index (χ1n) is 14.2. The minimum Gasteiger partial charge on any atom is -0.481 e. The minimum atomic E-state index is -3.55. The number of aliphatic carboxylic acids is 4. The molecular weight excluding hydrogens is 662 g/mol. The first-order chi connectivity index (χ1) is 22.8. The van der Waals surface area contributed by atoms with E-state index in [1.807, 2.05) is 60.7 Å². The van der Waals surface area contributed by atoms with Gasteiger partial charge < -0.3 is 24.9 Å². The summed E-state index contributed by atoms with van der Waals surface area (Å²) in [6, 6.07) is 29.4. The second-order valence-corrected chi connectivity index (χ2v) is 14.0. The monoisotopic (exact) mass is 691 g/mol. The Morgan fingerprint density at radius 2 is 1.33 bits per heavy atom. The molecule has 2 heterocycles. The van der Waals surface area contributed by atoms with Crippen molar-refractivity contribution in [2.24, 2.45) is 5.92 Å². The molecule has 4 N–H and O–H groups in total. The number of hydrogen-bond donors (Lipinski definition) is 4. The van der Waals surface area contributed by atoms with E-state index in [1.54, 1.807) is 36.4 Å². The summed E-state index contributed by atoms with van der Waals surface area (Å²) in [4.78, 5) is 41.9. The van der Waals surface area contributed by atoms with Crippen LogP contribution in [-0.2, 0) is 28.3 Å². The van der Waals surface area contributed by atoms with E-state index >= 15 is 0 Å². The van der Waals surface area contributed by atoms with Crippen LogP contribution in [0.3, 0.4) is 0 Å². The number of benzene rings is 4. The maximum absolute atomic E-state index is 13.4. The molecule has 3 unspecified atom stereocenters. The van der Waals surface area contributed by atoms with Crippen molar-refractivity contribution in [3.05, 3.63) is 109 Å². The van der Waals surface area contributed by atoms with Gasteiger partial charge in [0.05, 0.1) is 30.2 Å². The number of para-hydroxylation sites is 2. The van der Waals surface area contributed by atoms with Crippen LogP contribution in [0.25, 0.3) is 32.6 Å². The number of fused-ring (bicyclic) bond motifs is 6. The lowest BCUT2D eigenvalue weighted by Gasteiger charge is -2.29. The Kier molecular flexibility index (Phi) is 11.3. The molecular formula is C34H29O12P2+. The molecule has 0 bridgehead atoms. The second kappa shape index (κ2) is 15.3. The van der Waals surface area contributed by atoms with Crippen molar-refractivity contribution < 1.29 is 57.5 Å². The Labute approximate surface area is 273 Å². The number of rotatable bonds is 8. The van der Waals surface area contributed by atoms with E-state index in [1.165, 1.54) is 0 Å². The van der Waals surface area contributed by atoms with Gasteiger partial charge >= 0.3 is 31.5 Å². The van der Waals surface area contributed by atoms with Gasteiger partial charge in [0, 0.05) is 21.9 Å². The summed E-state index contributed by atoms with van der Waals surface area (Å²) in [7, 11) is -5.29. The highest BCUT2D eigenvalue weighted by Gasteiger charge is 2.40. The molecule has 0 saturated heterocycles. The molecule has 0 amide bonds. The molecule has 0 fully saturated rings. The summed E-state index contributed by atoms with van der Waals surface area (Å²) < 4.78 is 36.3. The summed E-state index contributed by atoms with van der Waals surface area (Å²) >= 11 is 0. The third-order valence-corrected chi connectivity index (χ3v) is 10.7. The average Bonchev–Trinajstić information content (AvgIpc) is 3.05. The van der Waals surface area contributed by atoms with Gasteiger partial charge in [0.15, 0.2) is 5.58 Å². The highest BCUT2D eigenvalue weighted by molar-refractivity contribution is 7.67. The van der Waals surface area contributed by atoms with Gasteiger partial charge in [0.2, 0.25) is 5.12 Å². The Balaban J connectivity index is 0.000000184. The summed E-state index contributed by atoms with van der Waals surface area (Å²) in [5.41, 5.74) is 1.91. The van der Waals surface area contributed by atoms with Crippen molar-refractivity contribution in [3.8, 4) is 16.9 Å². The molecule has 1 aliphatic heterocycles. The molecule has 6 rings (SSSR count). The zero-order valence-electron chi connectivity index (χ0n) is 25.1. The van der Waals surface area contributed by atoms with Crippen LogP contribution in [0.4, 0.5) is 0 Å². The Morgan fingerprint density at radius 1 is 0.750 bits per heavy atom. The van der Waals surface area contributed by atoms with Crippen LogP contribution in [-0.4, -0.2) is 50.5 Å². The summed E-state index contributed by atoms with van der Waals surface area (Å²) in [6.07, 6.45) is -1.47. The molecule has 14 heteroatoms. The van der Waals surface area contributed by atoms with Crippen molar-refractivity contribution in [2.45, 2.75) is 12.8 Å². The van der Waals surface area contributed by atoms with Gasteiger partial charge in [-0.3, -0.25) is 18.9 Å². The van der Waals surface area contributed by atoms with Crippen LogP contribution in [0.5, 0.6) is 5.75 Å². The quantitative estimate of drug-likeness (QED) is 0.0721. The SMILES string of the molecule is C=C(CC(=O)O)C(=O)O.O=C(O)CC(CP1(=O)Oc2ccccc2-c2ccccc21)C(=O)O.O=[p+]1oc2ccccc2c2ccccc21. The third-order valence-electron chi connectivity index (χ3n) is 7.05. The van der Waals surface area contributed by atoms with E-state index in [0.29, 0.717) is 16.6 Å². The van der Waals surface area contributed by atoms with Gasteiger partial charge in [0.1, 0.15) is 5.75 Å². The van der Waals surface area contributed by atoms with Crippen molar-refractivity contribution in [1.29, 1.82) is 0 Å². The lowest BCUT2D eigenvalue weighted by atomic mass is 10.0. The highest BCUT2D eigenvalue weighted by atomic mass is 31.2. The topological polar surface area (TPSA) is 206 Å². The van der Waals surface area contributed by atoms with Gasteiger partial charge in [-0.2, -0.15) is 0 Å². The maximum atomic E-state index is 13.4. The molecule has 5 aromatic rings. The Morgan fingerprint density at radius 3 is 1.96 bits per heavy atom. The molecule has 1 aromatic heterocycles. The first kappa shape index (κ1) is 35.3. The van der Waals surface area contributed by atoms with Gasteiger partial charge in [-0.1, -0.05) is 73.3 Å². The largest absolute Gasteiger partial charge is 0.597 e. The van der Waals surface area contributed by atoms with Gasteiger partial charge in [-0.25, -0.2) is 8.99 Å². The fourth-order valence-corrected chi connectivity index (χ4v) is 8.49. The zero-order valence-corrected chi connectivity index (χ0v) is 26.9. The van der Waals surface area contributed by atoms with E-state index in [4.69, 9.17) is 24.0 Å². The standard InChI is InChI=1S/C17H15O6P.C12H8O2P.C5H6O4/c18-16(19)9-11(17(20)21)10-24(22)15-8-4-2-6-13(15)12-5-1-3-7-14(12)23-24;13-15-12-8-4-2-6-10(12)9-5-1-3-7-11(9)14-15;1-3(5(8)9)2-4(6)7/h1-8,11H,9-10H2,(H,18,19)(H,20,21);1-8H;1-2H2,(H,6,7)(H,8,9)/q;+1;. The van der Waals surface area contributed by atoms with Crippen LogP contribution in [0.1, 0.15) is 12.8 Å². The molecule has 246 valence electrons. The Hall–Kier alpha value is -5.57. The molecule has 3 atom stereocenters. The maximum Gasteiger partial charge on any atom is 0.597 e. The third kappa shape index (κ3) is 8.41. The molecule has 48 heavy (non-hydrogen) atoms. The van der Waals surface area contributed by atoms with E-state index in [9.17, 15) is 33.4 Å². The fraction of sp³-hybridized carbons (Fsp3) is 0.118. The fourth-order valence-electron chi connectivity index (χ4n) is 4.87. The van der Waals surface area contributed by atoms with Crippen LogP contribution in [0, 0.1) is 5.92 Å². The van der Waals surface area contributed by atoms with Crippen molar-refractivity contribution in [3.63, 3.8) is 0 Å². The second-order valence-electron chi connectivity index (χ2n) is 10.4. The molecule has 0 radical (unpaired) electrons. The lowest BCUT2D eigenvalue weighted by molar-refractivity contribution is -0.147. The molecule has 0 spiro atoms. The number of carboxylic acid groups (broad SMARTS) is 4. The normalized spacial score (nSPS) is 15.1. The van der Waals surface area contributed by atoms with E-state index < -0.39 is 57.7 Å². The van der Waals surface area contributed by atoms with E-state index in [2.05, 4.69) is 6.58 Å². The first-order valence-corrected chi connectivity index (χ1v) is 17.2. The minimum absolute atomic E-state index is 0.303. The van der Waals surface area contributed by atoms with E-state index in [0.717, 1.165) is 27.0 Å². The smallest absolute Gasteiger partial charge is 0.481 e. The van der Waals surface area contributed by atoms with Crippen LogP contribution >= 0.6 is 15.0 Å². The molecule has 0 saturated carbocycles. The lowest BCUT2D eigenvalue weighted by Crippen LogP contribution is -2.28. The van der Waals surface area contributed by atoms with E-state index in [-0.39, 0.29) is 11.7 Å². The summed E-state index contributed by atoms with van der Waals surface area (Å²) in [6.45, 7) is 3.01. The van der Waals surface area contributed by atoms with Gasteiger partial charge in [-0.15, -0.1) is 0 Å². The van der Waals surface area contributed by atoms with Crippen LogP contribution in [0.2, 0.25) is 0 Å². The van der Waals surface area contributed by atoms with Gasteiger partial charge in [0.25, 0.3) is 7.37 Å². The summed E-state index contributed by atoms with van der Waals surface area (Å²) in [5, 5.41) is 37.5. The number of hydrogen-bond acceptors (Lipinski definition) is 8.